The lowest BCUT2D eigenvalue weighted by molar-refractivity contribution is -0.144. The number of fused-ring (bicyclic) bond motifs is 3. The zero-order valence-corrected chi connectivity index (χ0v) is 31.7. The summed E-state index contributed by atoms with van der Waals surface area (Å²) in [5, 5.41) is 10.0. The number of unbranched alkanes of at least 4 members (excludes halogenated alkanes) is 1. The lowest BCUT2D eigenvalue weighted by Crippen LogP contribution is -2.55. The number of benzene rings is 5. The van der Waals surface area contributed by atoms with Gasteiger partial charge in [0, 0.05) is 36.1 Å². The molecule has 10 heteroatoms. The van der Waals surface area contributed by atoms with Crippen molar-refractivity contribution in [3.8, 4) is 0 Å². The van der Waals surface area contributed by atoms with Crippen molar-refractivity contribution in [1.82, 2.24) is 25.8 Å². The number of H-pyrrole nitrogens is 1. The molecule has 0 radical (unpaired) electrons. The maximum atomic E-state index is 14.9. The normalized spacial score (nSPS) is 14.4. The van der Waals surface area contributed by atoms with E-state index in [0.717, 1.165) is 44.4 Å². The fraction of sp³-hybridized carbons (Fsp3) is 0.234. The molecular formula is C47H47N5O5. The van der Waals surface area contributed by atoms with E-state index in [1.54, 1.807) is 4.90 Å². The van der Waals surface area contributed by atoms with Crippen LogP contribution in [0.3, 0.4) is 0 Å². The summed E-state index contributed by atoms with van der Waals surface area (Å²) in [6.07, 6.45) is 1.16. The highest BCUT2D eigenvalue weighted by atomic mass is 16.5. The van der Waals surface area contributed by atoms with E-state index in [-0.39, 0.29) is 37.3 Å². The Kier molecular flexibility index (Phi) is 12.7. The van der Waals surface area contributed by atoms with Crippen LogP contribution in [-0.4, -0.2) is 52.3 Å². The quantitative estimate of drug-likeness (QED) is 0.0826. The minimum absolute atomic E-state index is 0.156. The van der Waals surface area contributed by atoms with E-state index in [4.69, 9.17) is 4.74 Å². The fourth-order valence-corrected chi connectivity index (χ4v) is 7.54. The minimum Gasteiger partial charge on any atom is -0.445 e. The third-order valence-corrected chi connectivity index (χ3v) is 10.4. The van der Waals surface area contributed by atoms with E-state index in [2.05, 4.69) is 20.9 Å². The zero-order valence-electron chi connectivity index (χ0n) is 31.7. The van der Waals surface area contributed by atoms with Crippen LogP contribution >= 0.6 is 0 Å². The van der Waals surface area contributed by atoms with Crippen molar-refractivity contribution in [3.63, 3.8) is 0 Å². The summed E-state index contributed by atoms with van der Waals surface area (Å²) in [5.41, 5.74) is 6.12. The molecule has 1 aliphatic heterocycles. The van der Waals surface area contributed by atoms with Crippen molar-refractivity contribution in [1.29, 1.82) is 0 Å². The van der Waals surface area contributed by atoms with Gasteiger partial charge in [-0.15, -0.1) is 0 Å². The van der Waals surface area contributed by atoms with Crippen LogP contribution in [-0.2, 0) is 45.2 Å². The maximum Gasteiger partial charge on any atom is 0.407 e. The van der Waals surface area contributed by atoms with Crippen LogP contribution in [0.15, 0.2) is 146 Å². The molecule has 290 valence electrons. The summed E-state index contributed by atoms with van der Waals surface area (Å²) in [6, 6.07) is 44.3. The number of amides is 4. The predicted octanol–water partition coefficient (Wildman–Crippen LogP) is 7.15. The van der Waals surface area contributed by atoms with Gasteiger partial charge in [-0.3, -0.25) is 14.4 Å². The maximum absolute atomic E-state index is 14.9. The summed E-state index contributed by atoms with van der Waals surface area (Å²) < 4.78 is 5.36. The highest BCUT2D eigenvalue weighted by molar-refractivity contribution is 5.96. The van der Waals surface area contributed by atoms with E-state index >= 15 is 0 Å². The Morgan fingerprint density at radius 1 is 0.702 bits per heavy atom. The van der Waals surface area contributed by atoms with E-state index in [0.29, 0.717) is 32.4 Å². The Bertz CT molecular complexity index is 2220. The smallest absolute Gasteiger partial charge is 0.407 e. The second kappa shape index (κ2) is 18.8. The van der Waals surface area contributed by atoms with Gasteiger partial charge in [0.2, 0.25) is 17.7 Å². The lowest BCUT2D eigenvalue weighted by Gasteiger charge is -2.33. The molecule has 6 aromatic rings. The second-order valence-corrected chi connectivity index (χ2v) is 14.3. The molecule has 0 bridgehead atoms. The van der Waals surface area contributed by atoms with Crippen LogP contribution in [0, 0.1) is 0 Å². The van der Waals surface area contributed by atoms with Crippen molar-refractivity contribution in [3.05, 3.63) is 179 Å². The third-order valence-electron chi connectivity index (χ3n) is 10.4. The summed E-state index contributed by atoms with van der Waals surface area (Å²) in [5.74, 6) is -1.58. The van der Waals surface area contributed by atoms with E-state index in [1.807, 2.05) is 146 Å². The third kappa shape index (κ3) is 9.77. The van der Waals surface area contributed by atoms with Crippen molar-refractivity contribution in [2.45, 2.75) is 63.4 Å². The van der Waals surface area contributed by atoms with Crippen LogP contribution in [0.5, 0.6) is 0 Å². The Morgan fingerprint density at radius 3 is 1.96 bits per heavy atom. The van der Waals surface area contributed by atoms with E-state index in [1.165, 1.54) is 0 Å². The molecule has 0 aliphatic carbocycles. The summed E-state index contributed by atoms with van der Waals surface area (Å²) in [7, 11) is 0. The molecule has 7 rings (SSSR count). The van der Waals surface area contributed by atoms with Crippen molar-refractivity contribution in [2.24, 2.45) is 0 Å². The van der Waals surface area contributed by atoms with Gasteiger partial charge in [0.1, 0.15) is 18.7 Å². The van der Waals surface area contributed by atoms with Crippen molar-refractivity contribution >= 4 is 34.7 Å². The van der Waals surface area contributed by atoms with Crippen LogP contribution in [0.1, 0.15) is 58.7 Å². The molecule has 4 amide bonds. The summed E-state index contributed by atoms with van der Waals surface area (Å²) >= 11 is 0. The SMILES string of the molecule is O=C(NCCCC[C@@H](C(=O)NCc1ccccc1)N1Cc2[nH]c3ccccc3c2C[C@@H](NC(=O)C(c2ccccc2)c2ccccc2)C1=O)OCc1ccccc1. The number of rotatable bonds is 15. The van der Waals surface area contributed by atoms with Crippen LogP contribution in [0.2, 0.25) is 0 Å². The number of carbonyl (C=O) groups is 4. The molecule has 57 heavy (non-hydrogen) atoms. The molecule has 0 saturated carbocycles. The molecule has 0 fully saturated rings. The molecule has 5 aromatic carbocycles. The van der Waals surface area contributed by atoms with Crippen LogP contribution in [0.25, 0.3) is 10.9 Å². The molecular weight excluding hydrogens is 715 g/mol. The number of nitrogens with zero attached hydrogens (tertiary/aromatic N) is 1. The van der Waals surface area contributed by atoms with Gasteiger partial charge in [0.05, 0.1) is 12.5 Å². The number of ether oxygens (including phenoxy) is 1. The summed E-state index contributed by atoms with van der Waals surface area (Å²) in [6.45, 7) is 0.952. The van der Waals surface area contributed by atoms with Gasteiger partial charge < -0.3 is 30.6 Å². The standard InChI is InChI=1S/C47H47N5O5/c53-44(49-30-33-17-5-1-6-18-33)42(27-15-16-28-48-47(56)57-32-34-19-7-2-8-20-34)52-31-41-38(37-25-13-14-26-39(37)50-41)29-40(46(52)55)51-45(54)43(35-21-9-3-10-22-35)36-23-11-4-12-24-36/h1-14,17-26,40,42-43,50H,15-16,27-32H2,(H,48,56)(H,49,53)(H,51,54)/t40-,42+/m1/s1. The molecule has 0 saturated heterocycles. The van der Waals surface area contributed by atoms with Crippen LogP contribution in [0.4, 0.5) is 4.79 Å². The zero-order chi connectivity index (χ0) is 39.4. The Hall–Kier alpha value is -6.68. The van der Waals surface area contributed by atoms with Crippen molar-refractivity contribution in [2.75, 3.05) is 6.54 Å². The Balaban J connectivity index is 1.13. The van der Waals surface area contributed by atoms with E-state index in [9.17, 15) is 19.2 Å². The first-order chi connectivity index (χ1) is 27.9. The van der Waals surface area contributed by atoms with E-state index < -0.39 is 24.1 Å². The topological polar surface area (TPSA) is 133 Å². The Morgan fingerprint density at radius 2 is 1.30 bits per heavy atom. The molecule has 1 aliphatic rings. The molecule has 10 nitrogen and oxygen atoms in total. The average Bonchev–Trinajstić information content (AvgIpc) is 3.53. The second-order valence-electron chi connectivity index (χ2n) is 14.3. The first-order valence-electron chi connectivity index (χ1n) is 19.5. The molecule has 2 heterocycles. The van der Waals surface area contributed by atoms with Gasteiger partial charge >= 0.3 is 6.09 Å². The minimum atomic E-state index is -0.946. The molecule has 0 unspecified atom stereocenters. The molecule has 1 aromatic heterocycles. The van der Waals surface area contributed by atoms with Gasteiger partial charge in [-0.2, -0.15) is 0 Å². The number of aromatic nitrogens is 1. The number of nitrogens with one attached hydrogen (secondary N) is 4. The number of hydrogen-bond donors (Lipinski definition) is 4. The molecule has 2 atom stereocenters. The first kappa shape index (κ1) is 38.6. The number of hydrogen-bond acceptors (Lipinski definition) is 5. The van der Waals surface area contributed by atoms with Crippen LogP contribution < -0.4 is 16.0 Å². The number of aromatic amines is 1. The molecule has 0 spiro atoms. The largest absolute Gasteiger partial charge is 0.445 e. The predicted molar refractivity (Wildman–Crippen MR) is 220 cm³/mol. The van der Waals surface area contributed by atoms with Gasteiger partial charge in [-0.1, -0.05) is 140 Å². The highest BCUT2D eigenvalue weighted by Crippen LogP contribution is 2.31. The van der Waals surface area contributed by atoms with Gasteiger partial charge in [0.25, 0.3) is 0 Å². The first-order valence-corrected chi connectivity index (χ1v) is 19.5. The van der Waals surface area contributed by atoms with Crippen molar-refractivity contribution < 1.29 is 23.9 Å². The Labute approximate surface area is 332 Å². The fourth-order valence-electron chi connectivity index (χ4n) is 7.54. The number of carbonyl (C=O) groups excluding carboxylic acids is 4. The monoisotopic (exact) mass is 761 g/mol. The number of para-hydroxylation sites is 1. The molecule has 4 N–H and O–H groups in total. The highest BCUT2D eigenvalue weighted by Gasteiger charge is 2.39. The number of alkyl carbamates (subject to hydrolysis) is 1. The average molecular weight is 762 g/mol. The van der Waals surface area contributed by atoms with Gasteiger partial charge in [0.15, 0.2) is 0 Å². The summed E-state index contributed by atoms with van der Waals surface area (Å²) in [4.78, 5) is 61.2. The van der Waals surface area contributed by atoms with Gasteiger partial charge in [-0.25, -0.2) is 4.79 Å². The van der Waals surface area contributed by atoms with Gasteiger partial charge in [-0.05, 0) is 53.1 Å². The lowest BCUT2D eigenvalue weighted by atomic mass is 9.90.